The Morgan fingerprint density at radius 1 is 1.12 bits per heavy atom. The lowest BCUT2D eigenvalue weighted by atomic mass is 9.45. The molecule has 144 valence electrons. The molecule has 0 unspecified atom stereocenters. The molecule has 0 aliphatic heterocycles. The lowest BCUT2D eigenvalue weighted by Crippen LogP contribution is -2.54. The Bertz CT molecular complexity index is 688. The van der Waals surface area contributed by atoms with Crippen molar-refractivity contribution in [3.05, 3.63) is 12.2 Å². The average molecular weight is 364 g/mol. The van der Waals surface area contributed by atoms with E-state index >= 15 is 8.78 Å². The first-order chi connectivity index (χ1) is 12.2. The van der Waals surface area contributed by atoms with Gasteiger partial charge in [0.05, 0.1) is 5.41 Å². The van der Waals surface area contributed by atoms with Crippen molar-refractivity contribution in [2.75, 3.05) is 0 Å². The highest BCUT2D eigenvalue weighted by atomic mass is 19.3. The van der Waals surface area contributed by atoms with Gasteiger partial charge in [0.15, 0.2) is 0 Å². The Hall–Kier alpha value is -0.930. The number of carbonyl (C=O) groups is 1. The smallest absolute Gasteiger partial charge is 0.302 e. The van der Waals surface area contributed by atoms with Gasteiger partial charge in [-0.1, -0.05) is 26.0 Å². The fraction of sp³-hybridized carbons (Fsp3) is 0.864. The van der Waals surface area contributed by atoms with Crippen molar-refractivity contribution in [3.63, 3.8) is 0 Å². The number of hydrogen-bond acceptors (Lipinski definition) is 2. The van der Waals surface area contributed by atoms with Crippen LogP contribution in [0.5, 0.6) is 0 Å². The average Bonchev–Trinajstić information content (AvgIpc) is 2.86. The summed E-state index contributed by atoms with van der Waals surface area (Å²) in [5.74, 6) is -2.07. The van der Waals surface area contributed by atoms with E-state index in [0.717, 1.165) is 38.5 Å². The largest absolute Gasteiger partial charge is 0.462 e. The lowest BCUT2D eigenvalue weighted by Gasteiger charge is -2.58. The van der Waals surface area contributed by atoms with E-state index in [2.05, 4.69) is 13.8 Å². The second-order valence-corrected chi connectivity index (χ2v) is 10.2. The summed E-state index contributed by atoms with van der Waals surface area (Å²) >= 11 is 0. The van der Waals surface area contributed by atoms with Gasteiger partial charge in [-0.3, -0.25) is 4.79 Å². The highest BCUT2D eigenvalue weighted by Crippen LogP contribution is 2.84. The third kappa shape index (κ3) is 1.71. The zero-order valence-corrected chi connectivity index (χ0v) is 16.1. The van der Waals surface area contributed by atoms with Gasteiger partial charge in [-0.2, -0.15) is 0 Å². The van der Waals surface area contributed by atoms with Crippen LogP contribution in [0.25, 0.3) is 0 Å². The standard InChI is InChI=1S/C22H30F2O2/c1-13(25)26-18-7-6-15-14-12-17-21(22(17,23)24)10-5-4-9-20(21,3)16(14)8-11-19(15,18)2/h5,10,14-18H,4,6-9,11-12H2,1-3H3/t14-,15-,16-,17+,18-,19-,20+,21-/m0/s1. The van der Waals surface area contributed by atoms with Crippen LogP contribution in [0.1, 0.15) is 65.7 Å². The Morgan fingerprint density at radius 3 is 2.62 bits per heavy atom. The second-order valence-electron chi connectivity index (χ2n) is 10.2. The van der Waals surface area contributed by atoms with E-state index in [1.165, 1.54) is 6.92 Å². The summed E-state index contributed by atoms with van der Waals surface area (Å²) < 4.78 is 35.8. The number of allylic oxidation sites excluding steroid dienone is 2. The molecule has 1 spiro atoms. The second kappa shape index (κ2) is 4.91. The van der Waals surface area contributed by atoms with Crippen molar-refractivity contribution < 1.29 is 18.3 Å². The van der Waals surface area contributed by atoms with Crippen LogP contribution in [0.2, 0.25) is 0 Å². The molecule has 0 N–H and O–H groups in total. The number of esters is 1. The normalized spacial score (nSPS) is 56.0. The topological polar surface area (TPSA) is 26.3 Å². The van der Waals surface area contributed by atoms with Crippen LogP contribution in [-0.2, 0) is 9.53 Å². The lowest BCUT2D eigenvalue weighted by molar-refractivity contribution is -0.160. The maximum Gasteiger partial charge on any atom is 0.302 e. The van der Waals surface area contributed by atoms with Gasteiger partial charge in [0.1, 0.15) is 6.10 Å². The van der Waals surface area contributed by atoms with E-state index in [9.17, 15) is 4.79 Å². The summed E-state index contributed by atoms with van der Waals surface area (Å²) in [5, 5.41) is 0. The van der Waals surface area contributed by atoms with E-state index in [1.54, 1.807) is 0 Å². The Labute approximate surface area is 154 Å². The summed E-state index contributed by atoms with van der Waals surface area (Å²) in [6.07, 6.45) is 10.3. The monoisotopic (exact) mass is 364 g/mol. The predicted octanol–water partition coefficient (Wildman–Crippen LogP) is 5.37. The maximum atomic E-state index is 15.1. The molecule has 2 nitrogen and oxygen atoms in total. The van der Waals surface area contributed by atoms with Crippen molar-refractivity contribution in [3.8, 4) is 0 Å². The summed E-state index contributed by atoms with van der Waals surface area (Å²) in [6, 6.07) is 0. The van der Waals surface area contributed by atoms with E-state index < -0.39 is 17.3 Å². The Balaban J connectivity index is 1.52. The van der Waals surface area contributed by atoms with Gasteiger partial charge < -0.3 is 4.74 Å². The summed E-state index contributed by atoms with van der Waals surface area (Å²) in [4.78, 5) is 11.6. The van der Waals surface area contributed by atoms with Crippen LogP contribution < -0.4 is 0 Å². The minimum atomic E-state index is -2.54. The van der Waals surface area contributed by atoms with Crippen molar-refractivity contribution in [2.45, 2.75) is 77.7 Å². The molecule has 4 heteroatoms. The summed E-state index contributed by atoms with van der Waals surface area (Å²) in [5.41, 5.74) is -1.18. The zero-order valence-electron chi connectivity index (χ0n) is 16.1. The van der Waals surface area contributed by atoms with Crippen molar-refractivity contribution >= 4 is 5.97 Å². The van der Waals surface area contributed by atoms with Gasteiger partial charge in [-0.05, 0) is 68.1 Å². The summed E-state index contributed by atoms with van der Waals surface area (Å²) in [6.45, 7) is 5.91. The fourth-order valence-corrected chi connectivity index (χ4v) is 8.40. The van der Waals surface area contributed by atoms with Crippen molar-refractivity contribution in [2.24, 2.45) is 39.9 Å². The molecule has 0 aromatic carbocycles. The highest BCUT2D eigenvalue weighted by molar-refractivity contribution is 5.66. The molecule has 8 atom stereocenters. The molecule has 0 heterocycles. The van der Waals surface area contributed by atoms with E-state index in [4.69, 9.17) is 4.74 Å². The van der Waals surface area contributed by atoms with Crippen LogP contribution in [0.3, 0.4) is 0 Å². The first-order valence-electron chi connectivity index (χ1n) is 10.4. The van der Waals surface area contributed by atoms with Crippen LogP contribution in [0.15, 0.2) is 12.2 Å². The Kier molecular flexibility index (Phi) is 3.25. The molecular formula is C22H30F2O2. The quantitative estimate of drug-likeness (QED) is 0.462. The van der Waals surface area contributed by atoms with Gasteiger partial charge in [0, 0.05) is 18.3 Å². The third-order valence-corrected chi connectivity index (χ3v) is 9.60. The third-order valence-electron chi connectivity index (χ3n) is 9.60. The van der Waals surface area contributed by atoms with Crippen molar-refractivity contribution in [1.82, 2.24) is 0 Å². The molecule has 4 saturated carbocycles. The molecule has 26 heavy (non-hydrogen) atoms. The summed E-state index contributed by atoms with van der Waals surface area (Å²) in [7, 11) is 0. The van der Waals surface area contributed by atoms with Gasteiger partial charge in [0.25, 0.3) is 5.92 Å². The maximum absolute atomic E-state index is 15.1. The number of fused-ring (bicyclic) bond motifs is 4. The number of alkyl halides is 2. The van der Waals surface area contributed by atoms with E-state index in [-0.39, 0.29) is 22.9 Å². The van der Waals surface area contributed by atoms with Gasteiger partial charge in [-0.25, -0.2) is 8.78 Å². The van der Waals surface area contributed by atoms with Gasteiger partial charge >= 0.3 is 5.97 Å². The van der Waals surface area contributed by atoms with Crippen LogP contribution >= 0.6 is 0 Å². The molecule has 0 aromatic rings. The van der Waals surface area contributed by atoms with Crippen LogP contribution in [-0.4, -0.2) is 18.0 Å². The van der Waals surface area contributed by atoms with Crippen LogP contribution in [0, 0.1) is 39.9 Å². The first kappa shape index (κ1) is 17.2. The molecule has 0 aromatic heterocycles. The molecule has 0 amide bonds. The predicted molar refractivity (Wildman–Crippen MR) is 94.6 cm³/mol. The molecule has 0 radical (unpaired) electrons. The van der Waals surface area contributed by atoms with Crippen molar-refractivity contribution in [1.29, 1.82) is 0 Å². The minimum absolute atomic E-state index is 0.0299. The molecular weight excluding hydrogens is 334 g/mol. The molecule has 5 rings (SSSR count). The number of ether oxygens (including phenoxy) is 1. The van der Waals surface area contributed by atoms with E-state index in [1.807, 2.05) is 12.2 Å². The number of hydrogen-bond donors (Lipinski definition) is 0. The minimum Gasteiger partial charge on any atom is -0.462 e. The molecule has 5 aliphatic carbocycles. The first-order valence-corrected chi connectivity index (χ1v) is 10.4. The molecule has 0 saturated heterocycles. The number of rotatable bonds is 1. The number of carbonyl (C=O) groups excluding carboxylic acids is 1. The number of halogens is 2. The molecule has 4 fully saturated rings. The zero-order chi connectivity index (χ0) is 18.5. The van der Waals surface area contributed by atoms with Crippen LogP contribution in [0.4, 0.5) is 8.78 Å². The van der Waals surface area contributed by atoms with Gasteiger partial charge in [0.2, 0.25) is 0 Å². The van der Waals surface area contributed by atoms with Gasteiger partial charge in [-0.15, -0.1) is 0 Å². The molecule has 0 bridgehead atoms. The van der Waals surface area contributed by atoms with E-state index in [0.29, 0.717) is 24.2 Å². The fourth-order valence-electron chi connectivity index (χ4n) is 8.40. The highest BCUT2D eigenvalue weighted by Gasteiger charge is 2.88. The SMILES string of the molecule is CC(=O)O[C@H]1CC[C@H]2[C@@H]3C[C@H]4C(F)(F)[C@@]45C=CCC[C@]5(C)[C@H]3CC[C@]12C. The Morgan fingerprint density at radius 2 is 1.88 bits per heavy atom. The molecule has 5 aliphatic rings.